The van der Waals surface area contributed by atoms with Gasteiger partial charge >= 0.3 is 13.9 Å². The molecule has 2 aromatic heterocycles. The van der Waals surface area contributed by atoms with Crippen LogP contribution in [0.2, 0.25) is 0 Å². The Morgan fingerprint density at radius 1 is 1.40 bits per heavy atom. The van der Waals surface area contributed by atoms with Crippen molar-refractivity contribution in [2.45, 2.75) is 25.5 Å². The fraction of sp³-hybridized carbons (Fsp3) is 0.615. The van der Waals surface area contributed by atoms with E-state index in [2.05, 4.69) is 28.5 Å². The van der Waals surface area contributed by atoms with Crippen molar-refractivity contribution in [3.8, 4) is 0 Å². The first-order valence-corrected chi connectivity index (χ1v) is 8.89. The molecule has 0 amide bonds. The van der Waals surface area contributed by atoms with E-state index < -0.39 is 37.4 Å². The number of halogens is 2. The maximum Gasteiger partial charge on any atom is 0.479 e. The van der Waals surface area contributed by atoms with E-state index in [-0.39, 0.29) is 11.9 Å². The molecule has 0 bridgehead atoms. The zero-order valence-electron chi connectivity index (χ0n) is 13.7. The van der Waals surface area contributed by atoms with Crippen molar-refractivity contribution in [1.29, 1.82) is 0 Å². The predicted octanol–water partition coefficient (Wildman–Crippen LogP) is 2.33. The van der Waals surface area contributed by atoms with Crippen LogP contribution in [0.4, 0.5) is 8.78 Å². The van der Waals surface area contributed by atoms with E-state index >= 15 is 0 Å². The number of hydrogen-bond acceptors (Lipinski definition) is 7. The molecule has 1 N–H and O–H groups in total. The molecule has 0 saturated heterocycles. The Balaban J connectivity index is 1.79. The molecule has 1 fully saturated rings. The van der Waals surface area contributed by atoms with Gasteiger partial charge in [-0.2, -0.15) is 8.78 Å². The monoisotopic (exact) mass is 378 g/mol. The number of alkyl halides is 2. The first-order valence-electron chi connectivity index (χ1n) is 7.42. The number of fused-ring (bicyclic) bond motifs is 1. The highest BCUT2D eigenvalue weighted by Gasteiger charge is 2.61. The van der Waals surface area contributed by atoms with Crippen LogP contribution >= 0.6 is 7.82 Å². The fourth-order valence-electron chi connectivity index (χ4n) is 2.87. The van der Waals surface area contributed by atoms with E-state index in [0.717, 1.165) is 14.2 Å². The van der Waals surface area contributed by atoms with Crippen LogP contribution in [0.3, 0.4) is 0 Å². The molecule has 1 aliphatic carbocycles. The van der Waals surface area contributed by atoms with E-state index in [1.807, 2.05) is 0 Å². The van der Waals surface area contributed by atoms with Crippen LogP contribution in [-0.4, -0.2) is 39.8 Å². The summed E-state index contributed by atoms with van der Waals surface area (Å²) in [4.78, 5) is 22.1. The molecule has 12 heteroatoms. The summed E-state index contributed by atoms with van der Waals surface area (Å²) in [5, 5.41) is 0. The summed E-state index contributed by atoms with van der Waals surface area (Å²) < 4.78 is 55.0. The Morgan fingerprint density at radius 2 is 2.08 bits per heavy atom. The van der Waals surface area contributed by atoms with Gasteiger partial charge in [-0.25, -0.2) is 19.1 Å². The van der Waals surface area contributed by atoms with Gasteiger partial charge in [-0.1, -0.05) is 0 Å². The van der Waals surface area contributed by atoms with Gasteiger partial charge in [0.25, 0.3) is 5.56 Å². The van der Waals surface area contributed by atoms with Crippen LogP contribution in [0.15, 0.2) is 17.4 Å². The summed E-state index contributed by atoms with van der Waals surface area (Å²) in [6, 6.07) is -0.414. The summed E-state index contributed by atoms with van der Waals surface area (Å²) in [6.45, 7) is 1.72. The number of rotatable bonds is 7. The van der Waals surface area contributed by atoms with Crippen molar-refractivity contribution in [1.82, 2.24) is 19.5 Å². The van der Waals surface area contributed by atoms with Gasteiger partial charge in [0, 0.05) is 20.3 Å². The number of phosphoric ester groups is 1. The Kier molecular flexibility index (Phi) is 4.52. The minimum absolute atomic E-state index is 0.137. The molecule has 2 heterocycles. The van der Waals surface area contributed by atoms with Crippen molar-refractivity contribution in [3.63, 3.8) is 0 Å². The second-order valence-electron chi connectivity index (χ2n) is 5.77. The van der Waals surface area contributed by atoms with E-state index in [4.69, 9.17) is 0 Å². The molecule has 9 nitrogen and oxygen atoms in total. The molecule has 0 aromatic carbocycles. The summed E-state index contributed by atoms with van der Waals surface area (Å²) in [5.41, 5.74) is 0.0431. The van der Waals surface area contributed by atoms with Crippen molar-refractivity contribution in [2.24, 2.45) is 11.8 Å². The second-order valence-corrected chi connectivity index (χ2v) is 7.58. The van der Waals surface area contributed by atoms with Crippen LogP contribution < -0.4 is 5.56 Å². The largest absolute Gasteiger partial charge is 0.479 e. The van der Waals surface area contributed by atoms with E-state index in [1.165, 1.54) is 12.7 Å². The quantitative estimate of drug-likeness (QED) is 0.737. The lowest BCUT2D eigenvalue weighted by atomic mass is 10.1. The molecule has 138 valence electrons. The molecule has 1 saturated carbocycles. The lowest BCUT2D eigenvalue weighted by Gasteiger charge is -2.22. The minimum Gasteiger partial charge on any atom is -0.312 e. The first kappa shape index (κ1) is 18.1. The van der Waals surface area contributed by atoms with Gasteiger partial charge in [-0.3, -0.25) is 13.8 Å². The molecular formula is C13H17F2N4O5P. The zero-order chi connectivity index (χ0) is 18.4. The van der Waals surface area contributed by atoms with Crippen LogP contribution in [0.5, 0.6) is 0 Å². The van der Waals surface area contributed by atoms with E-state index in [9.17, 15) is 18.1 Å². The number of hydrogen-bond donors (Lipinski definition) is 1. The van der Waals surface area contributed by atoms with Gasteiger partial charge in [0.1, 0.15) is 0 Å². The zero-order valence-corrected chi connectivity index (χ0v) is 14.6. The highest BCUT2D eigenvalue weighted by Crippen LogP contribution is 2.61. The molecule has 0 unspecified atom stereocenters. The SMILES string of the molecule is COP(=O)(OC)OC(F)(F)[C@@H]1C[C@H]1[C@@H](C)n1cnc2c(=O)[nH]cnc21. The molecule has 3 atom stereocenters. The standard InChI is InChI=1S/C13H17F2N4O5P/c1-7(19-6-18-10-11(19)16-5-17-12(10)20)8-4-9(8)13(14,15)24-25(21,22-2)23-3/h5-9H,4H2,1-3H3,(H,16,17,20)/t7-,8+,9-/m1/s1. The lowest BCUT2D eigenvalue weighted by molar-refractivity contribution is -0.207. The minimum atomic E-state index is -4.31. The predicted molar refractivity (Wildman–Crippen MR) is 82.1 cm³/mol. The van der Waals surface area contributed by atoms with E-state index in [0.29, 0.717) is 5.65 Å². The number of nitrogens with one attached hydrogen (secondary N) is 1. The maximum atomic E-state index is 14.3. The van der Waals surface area contributed by atoms with Gasteiger partial charge in [0.15, 0.2) is 11.2 Å². The highest BCUT2D eigenvalue weighted by molar-refractivity contribution is 7.48. The fourth-order valence-corrected chi connectivity index (χ4v) is 3.60. The van der Waals surface area contributed by atoms with Crippen molar-refractivity contribution in [2.75, 3.05) is 14.2 Å². The summed E-state index contributed by atoms with van der Waals surface area (Å²) in [7, 11) is -2.37. The van der Waals surface area contributed by atoms with Gasteiger partial charge in [-0.05, 0) is 19.3 Å². The number of imidazole rings is 1. The molecule has 1 aliphatic rings. The third kappa shape index (κ3) is 3.24. The number of aromatic amines is 1. The second kappa shape index (κ2) is 6.24. The number of nitrogens with zero attached hydrogens (tertiary/aromatic N) is 3. The number of aromatic nitrogens is 4. The summed E-state index contributed by atoms with van der Waals surface area (Å²) in [5.74, 6) is -1.64. The molecule has 3 rings (SSSR count). The van der Waals surface area contributed by atoms with Crippen LogP contribution in [0.1, 0.15) is 19.4 Å². The van der Waals surface area contributed by atoms with Crippen molar-refractivity contribution in [3.05, 3.63) is 23.0 Å². The molecule has 25 heavy (non-hydrogen) atoms. The first-order chi connectivity index (χ1) is 11.7. The average molecular weight is 378 g/mol. The topological polar surface area (TPSA) is 108 Å². The Labute approximate surface area is 140 Å². The molecule has 2 aromatic rings. The average Bonchev–Trinajstić information content (AvgIpc) is 3.28. The van der Waals surface area contributed by atoms with Crippen molar-refractivity contribution >= 4 is 19.0 Å². The third-order valence-electron chi connectivity index (χ3n) is 4.38. The Morgan fingerprint density at radius 3 is 2.72 bits per heavy atom. The normalized spacial score (nSPS) is 22.3. The Bertz CT molecular complexity index is 877. The third-order valence-corrected chi connectivity index (χ3v) is 5.74. The maximum absolute atomic E-state index is 14.3. The van der Waals surface area contributed by atoms with Crippen LogP contribution in [0, 0.1) is 11.8 Å². The van der Waals surface area contributed by atoms with Crippen molar-refractivity contribution < 1.29 is 26.9 Å². The van der Waals surface area contributed by atoms with Gasteiger partial charge in [-0.15, -0.1) is 0 Å². The number of H-pyrrole nitrogens is 1. The molecule has 0 spiro atoms. The van der Waals surface area contributed by atoms with Gasteiger partial charge in [0.05, 0.1) is 18.6 Å². The molecule has 0 radical (unpaired) electrons. The summed E-state index contributed by atoms with van der Waals surface area (Å²) in [6.07, 6.45) is -0.918. The van der Waals surface area contributed by atoms with Crippen LogP contribution in [0.25, 0.3) is 11.2 Å². The smallest absolute Gasteiger partial charge is 0.312 e. The van der Waals surface area contributed by atoms with Gasteiger partial charge < -0.3 is 9.55 Å². The van der Waals surface area contributed by atoms with Gasteiger partial charge in [0.2, 0.25) is 0 Å². The van der Waals surface area contributed by atoms with E-state index in [1.54, 1.807) is 11.5 Å². The highest BCUT2D eigenvalue weighted by atomic mass is 31.2. The Hall–Kier alpha value is -1.68. The molecular weight excluding hydrogens is 361 g/mol. The summed E-state index contributed by atoms with van der Waals surface area (Å²) >= 11 is 0. The number of phosphoric acid groups is 1. The molecule has 0 aliphatic heterocycles. The van der Waals surface area contributed by atoms with Crippen LogP contribution in [-0.2, 0) is 18.1 Å². The lowest BCUT2D eigenvalue weighted by Crippen LogP contribution is -2.25.